The Morgan fingerprint density at radius 1 is 1.35 bits per heavy atom. The minimum atomic E-state index is 0.635. The van der Waals surface area contributed by atoms with Crippen molar-refractivity contribution in [2.75, 3.05) is 13.7 Å². The van der Waals surface area contributed by atoms with Gasteiger partial charge in [0, 0.05) is 20.1 Å². The normalized spacial score (nSPS) is 10.6. The lowest BCUT2D eigenvalue weighted by atomic mass is 10.1. The number of hydrogen-bond donors (Lipinski definition) is 1. The second-order valence-electron chi connectivity index (χ2n) is 3.75. The van der Waals surface area contributed by atoms with Crippen LogP contribution in [0.1, 0.15) is 11.4 Å². The van der Waals surface area contributed by atoms with E-state index in [0.717, 1.165) is 18.8 Å². The Balaban J connectivity index is 2.18. The average molecular weight is 249 g/mol. The van der Waals surface area contributed by atoms with Crippen LogP contribution in [-0.2, 0) is 17.7 Å². The van der Waals surface area contributed by atoms with Gasteiger partial charge in [-0.15, -0.1) is 0 Å². The van der Waals surface area contributed by atoms with Gasteiger partial charge in [0.2, 0.25) is 0 Å². The van der Waals surface area contributed by atoms with Gasteiger partial charge in [-0.3, -0.25) is 5.10 Å². The maximum absolute atomic E-state index is 5.19. The fraction of sp³-hybridized carbons (Fsp3) is 0.333. The molecule has 0 radical (unpaired) electrons. The van der Waals surface area contributed by atoms with Crippen LogP contribution in [0.4, 0.5) is 0 Å². The van der Waals surface area contributed by atoms with Gasteiger partial charge in [0.05, 0.1) is 6.61 Å². The van der Waals surface area contributed by atoms with Crippen LogP contribution in [-0.4, -0.2) is 28.5 Å². The SMILES string of the molecule is COCCn1c(Cc2ccccc2)n[nH]c1=S. The molecule has 1 aromatic heterocycles. The van der Waals surface area contributed by atoms with Gasteiger partial charge < -0.3 is 9.30 Å². The molecule has 0 bridgehead atoms. The maximum Gasteiger partial charge on any atom is 0.195 e. The number of benzene rings is 1. The first-order valence-corrected chi connectivity index (χ1v) is 5.89. The van der Waals surface area contributed by atoms with Crippen LogP contribution in [0.15, 0.2) is 30.3 Å². The molecule has 0 saturated heterocycles. The number of nitrogens with zero attached hydrogens (tertiary/aromatic N) is 2. The van der Waals surface area contributed by atoms with Gasteiger partial charge in [-0.1, -0.05) is 30.3 Å². The Morgan fingerprint density at radius 2 is 2.12 bits per heavy atom. The predicted octanol–water partition coefficient (Wildman–Crippen LogP) is 2.18. The van der Waals surface area contributed by atoms with E-state index in [1.54, 1.807) is 7.11 Å². The molecule has 0 aliphatic heterocycles. The first-order valence-electron chi connectivity index (χ1n) is 5.48. The number of hydrogen-bond acceptors (Lipinski definition) is 3. The standard InChI is InChI=1S/C12H15N3OS/c1-16-8-7-15-11(13-14-12(15)17)9-10-5-3-2-4-6-10/h2-6H,7-9H2,1H3,(H,14,17). The van der Waals surface area contributed by atoms with Gasteiger partial charge in [0.15, 0.2) is 4.77 Å². The Bertz CT molecular complexity index is 518. The molecular weight excluding hydrogens is 234 g/mol. The Morgan fingerprint density at radius 3 is 2.82 bits per heavy atom. The number of H-pyrrole nitrogens is 1. The third-order valence-corrected chi connectivity index (χ3v) is 2.87. The highest BCUT2D eigenvalue weighted by Crippen LogP contribution is 2.07. The average Bonchev–Trinajstić information content (AvgIpc) is 2.69. The maximum atomic E-state index is 5.19. The van der Waals surface area contributed by atoms with E-state index < -0.39 is 0 Å². The van der Waals surface area contributed by atoms with Crippen LogP contribution in [0.2, 0.25) is 0 Å². The fourth-order valence-electron chi connectivity index (χ4n) is 1.68. The van der Waals surface area contributed by atoms with E-state index in [-0.39, 0.29) is 0 Å². The lowest BCUT2D eigenvalue weighted by Gasteiger charge is -2.05. The fourth-order valence-corrected chi connectivity index (χ4v) is 1.92. The quantitative estimate of drug-likeness (QED) is 0.826. The van der Waals surface area contributed by atoms with Gasteiger partial charge in [0.1, 0.15) is 5.82 Å². The molecule has 0 saturated carbocycles. The van der Waals surface area contributed by atoms with E-state index in [1.807, 2.05) is 22.8 Å². The van der Waals surface area contributed by atoms with E-state index in [9.17, 15) is 0 Å². The highest BCUT2D eigenvalue weighted by molar-refractivity contribution is 7.71. The van der Waals surface area contributed by atoms with E-state index in [4.69, 9.17) is 17.0 Å². The van der Waals surface area contributed by atoms with E-state index in [0.29, 0.717) is 11.4 Å². The smallest absolute Gasteiger partial charge is 0.195 e. The molecule has 0 spiro atoms. The molecule has 90 valence electrons. The number of rotatable bonds is 5. The van der Waals surface area contributed by atoms with Crippen molar-refractivity contribution in [3.63, 3.8) is 0 Å². The van der Waals surface area contributed by atoms with Crippen molar-refractivity contribution in [1.29, 1.82) is 0 Å². The number of nitrogens with one attached hydrogen (secondary N) is 1. The molecule has 5 heteroatoms. The number of ether oxygens (including phenoxy) is 1. The van der Waals surface area contributed by atoms with Crippen molar-refractivity contribution >= 4 is 12.2 Å². The third kappa shape index (κ3) is 3.01. The van der Waals surface area contributed by atoms with Crippen molar-refractivity contribution in [2.45, 2.75) is 13.0 Å². The first-order chi connectivity index (χ1) is 8.31. The molecule has 17 heavy (non-hydrogen) atoms. The van der Waals surface area contributed by atoms with Gasteiger partial charge in [-0.2, -0.15) is 5.10 Å². The third-order valence-electron chi connectivity index (χ3n) is 2.56. The number of aromatic nitrogens is 3. The monoisotopic (exact) mass is 249 g/mol. The topological polar surface area (TPSA) is 42.8 Å². The Labute approximate surface area is 105 Å². The van der Waals surface area contributed by atoms with E-state index >= 15 is 0 Å². The van der Waals surface area contributed by atoms with Crippen molar-refractivity contribution in [3.8, 4) is 0 Å². The summed E-state index contributed by atoms with van der Waals surface area (Å²) in [6.07, 6.45) is 0.775. The summed E-state index contributed by atoms with van der Waals surface area (Å²) in [5.41, 5.74) is 1.22. The summed E-state index contributed by atoms with van der Waals surface area (Å²) in [5.74, 6) is 0.943. The lowest BCUT2D eigenvalue weighted by molar-refractivity contribution is 0.186. The van der Waals surface area contributed by atoms with Crippen LogP contribution in [0, 0.1) is 4.77 Å². The minimum Gasteiger partial charge on any atom is -0.383 e. The summed E-state index contributed by atoms with van der Waals surface area (Å²) < 4.78 is 7.69. The van der Waals surface area contributed by atoms with Crippen molar-refractivity contribution < 1.29 is 4.74 Å². The Hall–Kier alpha value is -1.46. The molecule has 0 atom stereocenters. The molecular formula is C12H15N3OS. The molecule has 4 nitrogen and oxygen atoms in total. The van der Waals surface area contributed by atoms with E-state index in [1.165, 1.54) is 5.56 Å². The molecule has 2 rings (SSSR count). The van der Waals surface area contributed by atoms with Gasteiger partial charge in [0.25, 0.3) is 0 Å². The van der Waals surface area contributed by atoms with Crippen molar-refractivity contribution in [3.05, 3.63) is 46.5 Å². The summed E-state index contributed by atoms with van der Waals surface area (Å²) in [6.45, 7) is 1.36. The van der Waals surface area contributed by atoms with Gasteiger partial charge in [-0.05, 0) is 17.8 Å². The zero-order valence-electron chi connectivity index (χ0n) is 9.72. The van der Waals surface area contributed by atoms with Crippen LogP contribution in [0.5, 0.6) is 0 Å². The summed E-state index contributed by atoms with van der Waals surface area (Å²) in [4.78, 5) is 0. The molecule has 0 aliphatic carbocycles. The van der Waals surface area contributed by atoms with Crippen molar-refractivity contribution in [2.24, 2.45) is 0 Å². The van der Waals surface area contributed by atoms with Gasteiger partial charge >= 0.3 is 0 Å². The highest BCUT2D eigenvalue weighted by atomic mass is 32.1. The molecule has 0 unspecified atom stereocenters. The summed E-state index contributed by atoms with van der Waals surface area (Å²) in [7, 11) is 1.68. The molecule has 1 heterocycles. The minimum absolute atomic E-state index is 0.635. The molecule has 0 amide bonds. The molecule has 0 aliphatic rings. The van der Waals surface area contributed by atoms with E-state index in [2.05, 4.69) is 22.3 Å². The zero-order valence-corrected chi connectivity index (χ0v) is 10.5. The summed E-state index contributed by atoms with van der Waals surface area (Å²) in [5, 5.41) is 7.08. The highest BCUT2D eigenvalue weighted by Gasteiger charge is 2.06. The largest absolute Gasteiger partial charge is 0.383 e. The second kappa shape index (κ2) is 5.75. The van der Waals surface area contributed by atoms with Crippen LogP contribution < -0.4 is 0 Å². The predicted molar refractivity (Wildman–Crippen MR) is 68.5 cm³/mol. The summed E-state index contributed by atoms with van der Waals surface area (Å²) >= 11 is 5.19. The number of methoxy groups -OCH3 is 1. The molecule has 0 fully saturated rings. The first kappa shape index (κ1) is 12.0. The van der Waals surface area contributed by atoms with Crippen LogP contribution in [0.3, 0.4) is 0 Å². The van der Waals surface area contributed by atoms with Crippen molar-refractivity contribution in [1.82, 2.24) is 14.8 Å². The van der Waals surface area contributed by atoms with Crippen LogP contribution in [0.25, 0.3) is 0 Å². The van der Waals surface area contributed by atoms with Gasteiger partial charge in [-0.25, -0.2) is 0 Å². The molecule has 1 aromatic carbocycles. The Kier molecular flexibility index (Phi) is 4.06. The zero-order chi connectivity index (χ0) is 12.1. The van der Waals surface area contributed by atoms with Crippen LogP contribution >= 0.6 is 12.2 Å². The number of aromatic amines is 1. The second-order valence-corrected chi connectivity index (χ2v) is 4.14. The molecule has 1 N–H and O–H groups in total. The lowest BCUT2D eigenvalue weighted by Crippen LogP contribution is -2.09. The summed E-state index contributed by atoms with van der Waals surface area (Å²) in [6, 6.07) is 10.2. The molecule has 2 aromatic rings.